The lowest BCUT2D eigenvalue weighted by atomic mass is 10.2. The van der Waals surface area contributed by atoms with Crippen molar-refractivity contribution in [1.82, 2.24) is 10.3 Å². The monoisotopic (exact) mass is 219 g/mol. The van der Waals surface area contributed by atoms with E-state index in [1.54, 1.807) is 14.0 Å². The molecule has 0 aromatic carbocycles. The number of nitrogens with one attached hydrogen (secondary N) is 2. The molecule has 0 saturated carbocycles. The van der Waals surface area contributed by atoms with Crippen LogP contribution < -0.4 is 16.4 Å². The summed E-state index contributed by atoms with van der Waals surface area (Å²) in [6.07, 6.45) is 1.47. The summed E-state index contributed by atoms with van der Waals surface area (Å²) in [6.45, 7) is 1.68. The number of amides is 1. The average Bonchev–Trinajstić information content (AvgIpc) is 2.30. The number of nitrogen functional groups attached to an aromatic ring is 1. The molecule has 1 rings (SSSR count). The van der Waals surface area contributed by atoms with Gasteiger partial charge in [0.2, 0.25) is 5.91 Å². The first-order chi connectivity index (χ1) is 7.60. The van der Waals surface area contributed by atoms with Crippen molar-refractivity contribution in [2.24, 2.45) is 0 Å². The Kier molecular flexibility index (Phi) is 3.67. The minimum absolute atomic E-state index is 0.177. The Bertz CT molecular complexity index is 437. The highest BCUT2D eigenvalue weighted by molar-refractivity contribution is 5.85. The van der Waals surface area contributed by atoms with E-state index in [-0.39, 0.29) is 11.6 Å². The van der Waals surface area contributed by atoms with Crippen LogP contribution in [0.25, 0.3) is 0 Å². The van der Waals surface area contributed by atoms with Gasteiger partial charge in [-0.05, 0) is 13.0 Å². The van der Waals surface area contributed by atoms with Crippen LogP contribution in [-0.2, 0) is 4.79 Å². The van der Waals surface area contributed by atoms with Crippen LogP contribution in [0.2, 0.25) is 0 Å². The molecule has 0 spiro atoms. The highest BCUT2D eigenvalue weighted by Gasteiger charge is 2.13. The molecule has 0 aliphatic carbocycles. The van der Waals surface area contributed by atoms with Crippen molar-refractivity contribution in [2.45, 2.75) is 13.0 Å². The highest BCUT2D eigenvalue weighted by Crippen LogP contribution is 2.19. The molecule has 0 saturated heterocycles. The first-order valence-corrected chi connectivity index (χ1v) is 4.72. The van der Waals surface area contributed by atoms with Gasteiger partial charge in [-0.15, -0.1) is 0 Å². The van der Waals surface area contributed by atoms with Crippen LogP contribution in [0.1, 0.15) is 12.5 Å². The maximum Gasteiger partial charge on any atom is 0.241 e. The number of hydrogen-bond donors (Lipinski definition) is 3. The van der Waals surface area contributed by atoms with Gasteiger partial charge in [0.15, 0.2) is 5.82 Å². The highest BCUT2D eigenvalue weighted by atomic mass is 16.2. The molecule has 1 heterocycles. The standard InChI is InChI=1S/C10H13N5O/c1-6(10(16)13-2)15-9-8(12)7(5-11)3-4-14-9/h3-4,6H,12H2,1-2H3,(H,13,16)(H,14,15). The van der Waals surface area contributed by atoms with E-state index in [4.69, 9.17) is 11.0 Å². The largest absolute Gasteiger partial charge is 0.395 e. The fourth-order valence-corrected chi connectivity index (χ4v) is 1.17. The Morgan fingerprint density at radius 2 is 2.38 bits per heavy atom. The molecule has 16 heavy (non-hydrogen) atoms. The maximum absolute atomic E-state index is 11.3. The molecule has 1 aromatic heterocycles. The zero-order valence-corrected chi connectivity index (χ0v) is 9.11. The molecular formula is C10H13N5O. The van der Waals surface area contributed by atoms with Crippen molar-refractivity contribution in [2.75, 3.05) is 18.1 Å². The lowest BCUT2D eigenvalue weighted by Crippen LogP contribution is -2.35. The Hall–Kier alpha value is -2.29. The first-order valence-electron chi connectivity index (χ1n) is 4.72. The molecule has 0 aliphatic rings. The normalized spacial score (nSPS) is 11.3. The molecule has 1 aromatic rings. The second-order valence-electron chi connectivity index (χ2n) is 3.21. The fourth-order valence-electron chi connectivity index (χ4n) is 1.17. The number of nitrogens with two attached hydrogens (primary N) is 1. The van der Waals surface area contributed by atoms with Crippen molar-refractivity contribution < 1.29 is 4.79 Å². The van der Waals surface area contributed by atoms with Gasteiger partial charge in [0.25, 0.3) is 0 Å². The summed E-state index contributed by atoms with van der Waals surface area (Å²) in [6, 6.07) is 3.00. The van der Waals surface area contributed by atoms with E-state index >= 15 is 0 Å². The second-order valence-corrected chi connectivity index (χ2v) is 3.21. The molecule has 0 fully saturated rings. The lowest BCUT2D eigenvalue weighted by Gasteiger charge is -2.14. The van der Waals surface area contributed by atoms with Crippen molar-refractivity contribution in [3.63, 3.8) is 0 Å². The number of anilines is 2. The number of nitriles is 1. The van der Waals surface area contributed by atoms with Crippen molar-refractivity contribution >= 4 is 17.4 Å². The Morgan fingerprint density at radius 1 is 1.69 bits per heavy atom. The van der Waals surface area contributed by atoms with Gasteiger partial charge >= 0.3 is 0 Å². The zero-order valence-electron chi connectivity index (χ0n) is 9.11. The van der Waals surface area contributed by atoms with Crippen LogP contribution in [0.5, 0.6) is 0 Å². The summed E-state index contributed by atoms with van der Waals surface area (Å²) in [4.78, 5) is 15.3. The second kappa shape index (κ2) is 4.98. The number of pyridine rings is 1. The number of carbonyl (C=O) groups excluding carboxylic acids is 1. The summed E-state index contributed by atoms with van der Waals surface area (Å²) in [5.74, 6) is 0.165. The van der Waals surface area contributed by atoms with Crippen LogP contribution >= 0.6 is 0 Å². The smallest absolute Gasteiger partial charge is 0.241 e. The predicted molar refractivity (Wildman–Crippen MR) is 60.5 cm³/mol. The van der Waals surface area contributed by atoms with Crippen LogP contribution in [0, 0.1) is 11.3 Å². The van der Waals surface area contributed by atoms with Crippen LogP contribution in [0.15, 0.2) is 12.3 Å². The summed E-state index contributed by atoms with van der Waals surface area (Å²) in [5, 5.41) is 14.1. The third kappa shape index (κ3) is 2.39. The van der Waals surface area contributed by atoms with E-state index in [1.165, 1.54) is 12.3 Å². The van der Waals surface area contributed by atoms with Gasteiger partial charge in [-0.3, -0.25) is 4.79 Å². The maximum atomic E-state index is 11.3. The molecule has 6 heteroatoms. The molecule has 1 amide bonds. The number of hydrogen-bond acceptors (Lipinski definition) is 5. The SMILES string of the molecule is CNC(=O)C(C)Nc1nccc(C#N)c1N. The van der Waals surface area contributed by atoms with Gasteiger partial charge in [-0.1, -0.05) is 0 Å². The van der Waals surface area contributed by atoms with Gasteiger partial charge in [0.1, 0.15) is 12.1 Å². The molecule has 6 nitrogen and oxygen atoms in total. The van der Waals surface area contributed by atoms with Gasteiger partial charge in [0, 0.05) is 13.2 Å². The third-order valence-corrected chi connectivity index (χ3v) is 2.10. The van der Waals surface area contributed by atoms with Gasteiger partial charge < -0.3 is 16.4 Å². The first kappa shape index (κ1) is 11.8. The Balaban J connectivity index is 2.90. The summed E-state index contributed by atoms with van der Waals surface area (Å²) in [7, 11) is 1.54. The zero-order chi connectivity index (χ0) is 12.1. The molecule has 1 unspecified atom stereocenters. The predicted octanol–water partition coefficient (Wildman–Crippen LogP) is 0.0819. The van der Waals surface area contributed by atoms with Crippen LogP contribution in [0.3, 0.4) is 0 Å². The number of carbonyl (C=O) groups is 1. The van der Waals surface area contributed by atoms with Crippen LogP contribution in [0.4, 0.5) is 11.5 Å². The fraction of sp³-hybridized carbons (Fsp3) is 0.300. The third-order valence-electron chi connectivity index (χ3n) is 2.10. The molecular weight excluding hydrogens is 206 g/mol. The van der Waals surface area contributed by atoms with E-state index < -0.39 is 6.04 Å². The average molecular weight is 219 g/mol. The van der Waals surface area contributed by atoms with Crippen molar-refractivity contribution in [3.8, 4) is 6.07 Å². The van der Waals surface area contributed by atoms with E-state index in [9.17, 15) is 4.79 Å². The van der Waals surface area contributed by atoms with Crippen LogP contribution in [-0.4, -0.2) is 24.0 Å². The summed E-state index contributed by atoms with van der Waals surface area (Å²) >= 11 is 0. The minimum atomic E-state index is -0.464. The van der Waals surface area contributed by atoms with Crippen molar-refractivity contribution in [3.05, 3.63) is 17.8 Å². The number of nitrogens with zero attached hydrogens (tertiary/aromatic N) is 2. The minimum Gasteiger partial charge on any atom is -0.395 e. The molecule has 1 atom stereocenters. The van der Waals surface area contributed by atoms with E-state index in [2.05, 4.69) is 15.6 Å². The van der Waals surface area contributed by atoms with Gasteiger partial charge in [0.05, 0.1) is 11.3 Å². The summed E-state index contributed by atoms with van der Waals surface area (Å²) < 4.78 is 0. The topological polar surface area (TPSA) is 104 Å². The molecule has 0 bridgehead atoms. The number of aromatic nitrogens is 1. The Labute approximate surface area is 93.5 Å². The Morgan fingerprint density at radius 3 is 2.94 bits per heavy atom. The molecule has 0 aliphatic heterocycles. The van der Waals surface area contributed by atoms with Crippen molar-refractivity contribution in [1.29, 1.82) is 5.26 Å². The summed E-state index contributed by atoms with van der Waals surface area (Å²) in [5.41, 5.74) is 6.29. The van der Waals surface area contributed by atoms with E-state index in [0.29, 0.717) is 11.4 Å². The quantitative estimate of drug-likeness (QED) is 0.668. The molecule has 84 valence electrons. The number of rotatable bonds is 3. The van der Waals surface area contributed by atoms with Gasteiger partial charge in [-0.25, -0.2) is 4.98 Å². The van der Waals surface area contributed by atoms with Gasteiger partial charge in [-0.2, -0.15) is 5.26 Å². The lowest BCUT2D eigenvalue weighted by molar-refractivity contribution is -0.121. The van der Waals surface area contributed by atoms with E-state index in [1.807, 2.05) is 6.07 Å². The molecule has 0 radical (unpaired) electrons. The van der Waals surface area contributed by atoms with E-state index in [0.717, 1.165) is 0 Å². The molecule has 4 N–H and O–H groups in total. The number of likely N-dealkylation sites (N-methyl/N-ethyl adjacent to an activating group) is 1.